The molecule has 92 valence electrons. The predicted octanol–water partition coefficient (Wildman–Crippen LogP) is 3.15. The number of fused-ring (bicyclic) bond motifs is 1. The predicted molar refractivity (Wildman–Crippen MR) is 69.2 cm³/mol. The SMILES string of the molecule is CC1(C)CC1CNC1CCOc2ccccc21. The summed E-state index contributed by atoms with van der Waals surface area (Å²) in [6.45, 7) is 6.70. The topological polar surface area (TPSA) is 21.3 Å². The first-order valence-corrected chi connectivity index (χ1v) is 6.62. The van der Waals surface area contributed by atoms with Crippen LogP contribution < -0.4 is 10.1 Å². The van der Waals surface area contributed by atoms with Crippen molar-refractivity contribution >= 4 is 0 Å². The summed E-state index contributed by atoms with van der Waals surface area (Å²) < 4.78 is 5.68. The van der Waals surface area contributed by atoms with E-state index in [0.717, 1.165) is 31.2 Å². The molecule has 1 heterocycles. The quantitative estimate of drug-likeness (QED) is 0.863. The van der Waals surface area contributed by atoms with Gasteiger partial charge in [0.1, 0.15) is 5.75 Å². The summed E-state index contributed by atoms with van der Waals surface area (Å²) in [4.78, 5) is 0. The van der Waals surface area contributed by atoms with Crippen molar-refractivity contribution in [3.63, 3.8) is 0 Å². The minimum absolute atomic E-state index is 0.483. The lowest BCUT2D eigenvalue weighted by atomic mass is 10.00. The van der Waals surface area contributed by atoms with Crippen molar-refractivity contribution in [2.45, 2.75) is 32.7 Å². The second kappa shape index (κ2) is 4.02. The lowest BCUT2D eigenvalue weighted by Gasteiger charge is -2.27. The van der Waals surface area contributed by atoms with E-state index in [0.29, 0.717) is 11.5 Å². The van der Waals surface area contributed by atoms with Gasteiger partial charge in [-0.15, -0.1) is 0 Å². The Labute approximate surface area is 103 Å². The first kappa shape index (κ1) is 11.1. The summed E-state index contributed by atoms with van der Waals surface area (Å²) in [5.41, 5.74) is 1.90. The molecule has 1 fully saturated rings. The third-order valence-electron chi connectivity index (χ3n) is 4.29. The Morgan fingerprint density at radius 2 is 2.12 bits per heavy atom. The molecule has 0 spiro atoms. The van der Waals surface area contributed by atoms with Gasteiger partial charge in [-0.25, -0.2) is 0 Å². The van der Waals surface area contributed by atoms with Crippen LogP contribution in [0.2, 0.25) is 0 Å². The minimum Gasteiger partial charge on any atom is -0.493 e. The maximum atomic E-state index is 5.68. The van der Waals surface area contributed by atoms with Crippen molar-refractivity contribution in [1.29, 1.82) is 0 Å². The maximum absolute atomic E-state index is 5.68. The van der Waals surface area contributed by atoms with E-state index >= 15 is 0 Å². The molecule has 17 heavy (non-hydrogen) atoms. The van der Waals surface area contributed by atoms with Crippen LogP contribution >= 0.6 is 0 Å². The Bertz CT molecular complexity index is 413. The van der Waals surface area contributed by atoms with Crippen molar-refractivity contribution < 1.29 is 4.74 Å². The number of para-hydroxylation sites is 1. The Kier molecular flexibility index (Phi) is 2.62. The van der Waals surface area contributed by atoms with Crippen LogP contribution in [0.3, 0.4) is 0 Å². The molecule has 0 bridgehead atoms. The second-order valence-corrected chi connectivity index (χ2v) is 6.03. The van der Waals surface area contributed by atoms with E-state index in [-0.39, 0.29) is 0 Å². The summed E-state index contributed by atoms with van der Waals surface area (Å²) in [6.07, 6.45) is 2.45. The summed E-state index contributed by atoms with van der Waals surface area (Å²) in [7, 11) is 0. The van der Waals surface area contributed by atoms with E-state index in [2.05, 4.69) is 37.4 Å². The van der Waals surface area contributed by atoms with Gasteiger partial charge in [0.15, 0.2) is 0 Å². The molecule has 0 amide bonds. The van der Waals surface area contributed by atoms with E-state index in [1.54, 1.807) is 0 Å². The normalized spacial score (nSPS) is 29.3. The molecule has 2 atom stereocenters. The standard InChI is InChI=1S/C15H21NO/c1-15(2)9-11(15)10-16-13-7-8-17-14-6-4-3-5-12(13)14/h3-6,11,13,16H,7-10H2,1-2H3. The molecule has 1 aliphatic carbocycles. The average molecular weight is 231 g/mol. The van der Waals surface area contributed by atoms with Gasteiger partial charge in [0.2, 0.25) is 0 Å². The molecule has 0 aromatic heterocycles. The lowest BCUT2D eigenvalue weighted by molar-refractivity contribution is 0.251. The monoisotopic (exact) mass is 231 g/mol. The van der Waals surface area contributed by atoms with Gasteiger partial charge in [0, 0.05) is 18.0 Å². The van der Waals surface area contributed by atoms with Crippen molar-refractivity contribution in [3.05, 3.63) is 29.8 Å². The van der Waals surface area contributed by atoms with E-state index in [4.69, 9.17) is 4.74 Å². The van der Waals surface area contributed by atoms with Crippen molar-refractivity contribution in [1.82, 2.24) is 5.32 Å². The van der Waals surface area contributed by atoms with Crippen molar-refractivity contribution in [2.75, 3.05) is 13.2 Å². The van der Waals surface area contributed by atoms with Crippen molar-refractivity contribution in [3.8, 4) is 5.75 Å². The second-order valence-electron chi connectivity index (χ2n) is 6.03. The van der Waals surface area contributed by atoms with Gasteiger partial charge >= 0.3 is 0 Å². The van der Waals surface area contributed by atoms with Crippen LogP contribution in [-0.2, 0) is 0 Å². The third-order valence-corrected chi connectivity index (χ3v) is 4.29. The molecule has 3 rings (SSSR count). The molecule has 1 saturated carbocycles. The Morgan fingerprint density at radius 1 is 1.35 bits per heavy atom. The van der Waals surface area contributed by atoms with Crippen LogP contribution in [0.5, 0.6) is 5.75 Å². The fourth-order valence-corrected chi connectivity index (χ4v) is 2.76. The number of hydrogen-bond acceptors (Lipinski definition) is 2. The molecule has 2 heteroatoms. The zero-order chi connectivity index (χ0) is 11.9. The van der Waals surface area contributed by atoms with Crippen LogP contribution in [0, 0.1) is 11.3 Å². The van der Waals surface area contributed by atoms with E-state index in [1.165, 1.54) is 12.0 Å². The molecular weight excluding hydrogens is 210 g/mol. The molecule has 2 unspecified atom stereocenters. The molecule has 0 radical (unpaired) electrons. The summed E-state index contributed by atoms with van der Waals surface area (Å²) >= 11 is 0. The Hall–Kier alpha value is -1.02. The highest BCUT2D eigenvalue weighted by atomic mass is 16.5. The smallest absolute Gasteiger partial charge is 0.124 e. The first-order chi connectivity index (χ1) is 8.17. The van der Waals surface area contributed by atoms with Crippen LogP contribution in [0.4, 0.5) is 0 Å². The Balaban J connectivity index is 1.65. The summed E-state index contributed by atoms with van der Waals surface area (Å²) in [5, 5.41) is 3.72. The van der Waals surface area contributed by atoms with Gasteiger partial charge in [0.25, 0.3) is 0 Å². The van der Waals surface area contributed by atoms with Gasteiger partial charge < -0.3 is 10.1 Å². The molecule has 2 aliphatic rings. The van der Waals surface area contributed by atoms with Gasteiger partial charge in [-0.05, 0) is 30.4 Å². The zero-order valence-corrected chi connectivity index (χ0v) is 10.7. The minimum atomic E-state index is 0.483. The molecule has 1 aromatic carbocycles. The number of benzene rings is 1. The van der Waals surface area contributed by atoms with Gasteiger partial charge in [0.05, 0.1) is 6.61 Å². The summed E-state index contributed by atoms with van der Waals surface area (Å²) in [6, 6.07) is 8.89. The van der Waals surface area contributed by atoms with Gasteiger partial charge in [-0.3, -0.25) is 0 Å². The van der Waals surface area contributed by atoms with Crippen LogP contribution in [0.25, 0.3) is 0 Å². The van der Waals surface area contributed by atoms with Crippen molar-refractivity contribution in [2.24, 2.45) is 11.3 Å². The molecule has 2 nitrogen and oxygen atoms in total. The van der Waals surface area contributed by atoms with Crippen LogP contribution in [0.15, 0.2) is 24.3 Å². The van der Waals surface area contributed by atoms with Crippen LogP contribution in [-0.4, -0.2) is 13.2 Å². The molecule has 1 N–H and O–H groups in total. The van der Waals surface area contributed by atoms with Gasteiger partial charge in [-0.2, -0.15) is 0 Å². The largest absolute Gasteiger partial charge is 0.493 e. The molecule has 1 aromatic rings. The maximum Gasteiger partial charge on any atom is 0.124 e. The lowest BCUT2D eigenvalue weighted by Crippen LogP contribution is -2.29. The fourth-order valence-electron chi connectivity index (χ4n) is 2.76. The first-order valence-electron chi connectivity index (χ1n) is 6.62. The molecule has 0 saturated heterocycles. The Morgan fingerprint density at radius 3 is 2.88 bits per heavy atom. The number of hydrogen-bond donors (Lipinski definition) is 1. The van der Waals surface area contributed by atoms with E-state index in [9.17, 15) is 0 Å². The highest BCUT2D eigenvalue weighted by molar-refractivity contribution is 5.37. The summed E-state index contributed by atoms with van der Waals surface area (Å²) in [5.74, 6) is 1.92. The van der Waals surface area contributed by atoms with Gasteiger partial charge in [-0.1, -0.05) is 32.0 Å². The fraction of sp³-hybridized carbons (Fsp3) is 0.600. The van der Waals surface area contributed by atoms with Crippen LogP contribution in [0.1, 0.15) is 38.3 Å². The average Bonchev–Trinajstić information content (AvgIpc) is 2.94. The number of ether oxygens (including phenoxy) is 1. The molecule has 1 aliphatic heterocycles. The highest BCUT2D eigenvalue weighted by Gasteiger charge is 2.45. The zero-order valence-electron chi connectivity index (χ0n) is 10.7. The molecular formula is C15H21NO. The number of rotatable bonds is 3. The van der Waals surface area contributed by atoms with E-state index < -0.39 is 0 Å². The third kappa shape index (κ3) is 2.19. The van der Waals surface area contributed by atoms with E-state index in [1.807, 2.05) is 6.07 Å². The number of nitrogens with one attached hydrogen (secondary N) is 1. The highest BCUT2D eigenvalue weighted by Crippen LogP contribution is 2.51.